The minimum atomic E-state index is -0.0972. The quantitative estimate of drug-likeness (QED) is 0.320. The maximum atomic E-state index is 9.65. The van der Waals surface area contributed by atoms with Gasteiger partial charge in [0, 0.05) is 5.56 Å². The maximum absolute atomic E-state index is 9.65. The Bertz CT molecular complexity index is 449. The van der Waals surface area contributed by atoms with Crippen LogP contribution in [0.1, 0.15) is 5.56 Å². The van der Waals surface area contributed by atoms with Gasteiger partial charge in [0.05, 0.1) is 35.0 Å². The number of nitrogens with two attached hydrogens (primary N) is 4. The molecule has 0 unspecified atom stereocenters. The Kier molecular flexibility index (Phi) is 2.19. The number of benzene rings is 1. The summed E-state index contributed by atoms with van der Waals surface area (Å²) in [6.45, 7) is 0.0346. The van der Waals surface area contributed by atoms with Crippen molar-refractivity contribution >= 4 is 28.4 Å². The van der Waals surface area contributed by atoms with E-state index in [2.05, 4.69) is 0 Å². The number of anilines is 5. The van der Waals surface area contributed by atoms with Crippen molar-refractivity contribution in [2.75, 3.05) is 34.7 Å². The van der Waals surface area contributed by atoms with Gasteiger partial charge >= 0.3 is 0 Å². The molecular formula is C8H14N6O2. The normalized spacial score (nSPS) is 16.2. The molecule has 0 saturated carbocycles. The third-order valence-electron chi connectivity index (χ3n) is 2.63. The monoisotopic (exact) mass is 226 g/mol. The number of hydrogen-bond acceptors (Lipinski definition) is 8. The zero-order valence-electron chi connectivity index (χ0n) is 8.51. The zero-order chi connectivity index (χ0) is 12.0. The van der Waals surface area contributed by atoms with Crippen LogP contribution >= 0.6 is 0 Å². The van der Waals surface area contributed by atoms with E-state index >= 15 is 0 Å². The lowest BCUT2D eigenvalue weighted by Gasteiger charge is -2.33. The third-order valence-corrected chi connectivity index (χ3v) is 2.63. The fourth-order valence-electron chi connectivity index (χ4n) is 1.78. The van der Waals surface area contributed by atoms with Crippen LogP contribution in [0.2, 0.25) is 0 Å². The SMILES string of the molecule is Nc1c(N)c(N)c2c(c1N)CN(O)CN2O. The second kappa shape index (κ2) is 3.30. The van der Waals surface area contributed by atoms with E-state index in [1.165, 1.54) is 0 Å². The Hall–Kier alpha value is -1.90. The standard InChI is InChI=1S/C8H14N6O2/c9-4-3-1-13(15)2-14(16)8(3)7(12)6(11)5(4)10/h15-16H,1-2,9-12H2. The molecule has 2 rings (SSSR count). The van der Waals surface area contributed by atoms with Gasteiger partial charge in [-0.15, -0.1) is 0 Å². The molecule has 10 N–H and O–H groups in total. The highest BCUT2D eigenvalue weighted by atomic mass is 16.5. The van der Waals surface area contributed by atoms with Gasteiger partial charge in [0.15, 0.2) is 0 Å². The van der Waals surface area contributed by atoms with Crippen LogP contribution < -0.4 is 28.0 Å². The number of fused-ring (bicyclic) bond motifs is 1. The van der Waals surface area contributed by atoms with Crippen LogP contribution in [0, 0.1) is 0 Å². The van der Waals surface area contributed by atoms with Crippen molar-refractivity contribution in [3.05, 3.63) is 5.56 Å². The third kappa shape index (κ3) is 1.28. The van der Waals surface area contributed by atoms with E-state index in [1.54, 1.807) is 0 Å². The molecule has 0 saturated heterocycles. The number of hydroxylamine groups is 3. The summed E-state index contributed by atoms with van der Waals surface area (Å²) >= 11 is 0. The van der Waals surface area contributed by atoms with E-state index < -0.39 is 0 Å². The van der Waals surface area contributed by atoms with Gasteiger partial charge in [0.1, 0.15) is 6.67 Å². The molecule has 0 fully saturated rings. The molecule has 0 aromatic heterocycles. The summed E-state index contributed by atoms with van der Waals surface area (Å²) < 4.78 is 0. The summed E-state index contributed by atoms with van der Waals surface area (Å²) in [7, 11) is 0. The first-order chi connectivity index (χ1) is 7.43. The van der Waals surface area contributed by atoms with Crippen molar-refractivity contribution in [1.29, 1.82) is 0 Å². The molecule has 88 valence electrons. The van der Waals surface area contributed by atoms with Crippen LogP contribution in [0.15, 0.2) is 0 Å². The van der Waals surface area contributed by atoms with Gasteiger partial charge in [0.25, 0.3) is 0 Å². The molecule has 16 heavy (non-hydrogen) atoms. The molecule has 0 spiro atoms. The second-order valence-corrected chi connectivity index (χ2v) is 3.69. The average Bonchev–Trinajstić information content (AvgIpc) is 2.22. The first-order valence-corrected chi connectivity index (χ1v) is 4.58. The van der Waals surface area contributed by atoms with Gasteiger partial charge in [-0.3, -0.25) is 5.21 Å². The van der Waals surface area contributed by atoms with Crippen molar-refractivity contribution in [2.24, 2.45) is 0 Å². The highest BCUT2D eigenvalue weighted by Gasteiger charge is 2.27. The van der Waals surface area contributed by atoms with E-state index in [9.17, 15) is 10.4 Å². The van der Waals surface area contributed by atoms with E-state index in [-0.39, 0.29) is 36.0 Å². The molecule has 1 aromatic rings. The minimum absolute atomic E-state index is 0.0972. The summed E-state index contributed by atoms with van der Waals surface area (Å²) in [4.78, 5) is 0. The maximum Gasteiger partial charge on any atom is 0.121 e. The van der Waals surface area contributed by atoms with Crippen LogP contribution in [0.5, 0.6) is 0 Å². The topological polar surface area (TPSA) is 151 Å². The second-order valence-electron chi connectivity index (χ2n) is 3.69. The molecule has 0 bridgehead atoms. The van der Waals surface area contributed by atoms with Crippen molar-refractivity contribution < 1.29 is 10.4 Å². The average molecular weight is 226 g/mol. The molecule has 8 heteroatoms. The highest BCUT2D eigenvalue weighted by molar-refractivity contribution is 5.97. The molecule has 1 aliphatic heterocycles. The lowest BCUT2D eigenvalue weighted by atomic mass is 10.0. The predicted octanol–water partition coefficient (Wildman–Crippen LogP) is -0.627. The fourth-order valence-corrected chi connectivity index (χ4v) is 1.78. The lowest BCUT2D eigenvalue weighted by molar-refractivity contribution is -0.117. The number of rotatable bonds is 0. The van der Waals surface area contributed by atoms with Gasteiger partial charge in [-0.25, -0.2) is 5.06 Å². The van der Waals surface area contributed by atoms with Crippen molar-refractivity contribution in [3.63, 3.8) is 0 Å². The molecule has 1 aliphatic rings. The first kappa shape index (κ1) is 10.6. The van der Waals surface area contributed by atoms with Gasteiger partial charge < -0.3 is 28.1 Å². The van der Waals surface area contributed by atoms with E-state index in [4.69, 9.17) is 22.9 Å². The Morgan fingerprint density at radius 3 is 2.06 bits per heavy atom. The molecule has 0 amide bonds. The first-order valence-electron chi connectivity index (χ1n) is 4.58. The van der Waals surface area contributed by atoms with Gasteiger partial charge in [-0.2, -0.15) is 5.06 Å². The smallest absolute Gasteiger partial charge is 0.121 e. The van der Waals surface area contributed by atoms with Gasteiger partial charge in [-0.1, -0.05) is 0 Å². The lowest BCUT2D eigenvalue weighted by Crippen LogP contribution is -2.39. The van der Waals surface area contributed by atoms with Crippen LogP contribution in [0.4, 0.5) is 28.4 Å². The van der Waals surface area contributed by atoms with Gasteiger partial charge in [0.2, 0.25) is 0 Å². The summed E-state index contributed by atoms with van der Waals surface area (Å²) in [6.07, 6.45) is 0. The van der Waals surface area contributed by atoms with Crippen LogP contribution in [-0.2, 0) is 6.54 Å². The molecule has 0 radical (unpaired) electrons. The summed E-state index contributed by atoms with van der Waals surface area (Å²) in [5.74, 6) is 0. The molecule has 1 heterocycles. The Morgan fingerprint density at radius 2 is 1.44 bits per heavy atom. The predicted molar refractivity (Wildman–Crippen MR) is 60.6 cm³/mol. The number of nitrogens with zero attached hydrogens (tertiary/aromatic N) is 2. The molecule has 0 aliphatic carbocycles. The van der Waals surface area contributed by atoms with Crippen molar-refractivity contribution in [3.8, 4) is 0 Å². The summed E-state index contributed by atoms with van der Waals surface area (Å²) in [5.41, 5.74) is 24.3. The van der Waals surface area contributed by atoms with Crippen LogP contribution in [0.3, 0.4) is 0 Å². The van der Waals surface area contributed by atoms with Gasteiger partial charge in [-0.05, 0) is 0 Å². The highest BCUT2D eigenvalue weighted by Crippen LogP contribution is 2.43. The summed E-state index contributed by atoms with van der Waals surface area (Å²) in [5, 5.41) is 20.7. The fraction of sp³-hybridized carbons (Fsp3) is 0.250. The molecule has 1 aromatic carbocycles. The van der Waals surface area contributed by atoms with E-state index in [0.29, 0.717) is 11.3 Å². The number of nitrogen functional groups attached to an aromatic ring is 4. The Labute approximate surface area is 91.5 Å². The summed E-state index contributed by atoms with van der Waals surface area (Å²) in [6, 6.07) is 0. The van der Waals surface area contributed by atoms with Crippen LogP contribution in [-0.4, -0.2) is 22.1 Å². The number of hydrogen-bond donors (Lipinski definition) is 6. The van der Waals surface area contributed by atoms with Crippen LogP contribution in [0.25, 0.3) is 0 Å². The molecular weight excluding hydrogens is 212 g/mol. The van der Waals surface area contributed by atoms with Crippen molar-refractivity contribution in [1.82, 2.24) is 5.06 Å². The molecule has 8 nitrogen and oxygen atoms in total. The largest absolute Gasteiger partial charge is 0.397 e. The van der Waals surface area contributed by atoms with E-state index in [0.717, 1.165) is 10.1 Å². The minimum Gasteiger partial charge on any atom is -0.397 e. The Morgan fingerprint density at radius 1 is 0.875 bits per heavy atom. The Balaban J connectivity index is 2.71. The molecule has 0 atom stereocenters. The zero-order valence-corrected chi connectivity index (χ0v) is 8.51. The van der Waals surface area contributed by atoms with E-state index in [1.807, 2.05) is 0 Å². The van der Waals surface area contributed by atoms with Crippen molar-refractivity contribution in [2.45, 2.75) is 6.54 Å².